The van der Waals surface area contributed by atoms with Gasteiger partial charge in [0.1, 0.15) is 0 Å². The zero-order chi connectivity index (χ0) is 37.6. The zero-order valence-corrected chi connectivity index (χ0v) is 32.0. The van der Waals surface area contributed by atoms with Crippen molar-refractivity contribution in [2.75, 3.05) is 0 Å². The normalized spacial score (nSPS) is 18.8. The summed E-state index contributed by atoms with van der Waals surface area (Å²) in [4.78, 5) is 0. The van der Waals surface area contributed by atoms with E-state index in [1.54, 1.807) is 0 Å². The Labute approximate surface area is 325 Å². The number of rotatable bonds is 7. The van der Waals surface area contributed by atoms with E-state index in [9.17, 15) is 25.5 Å². The number of aliphatic hydroxyl groups is 5. The summed E-state index contributed by atoms with van der Waals surface area (Å²) in [5.41, 5.74) is 9.97. The van der Waals surface area contributed by atoms with Gasteiger partial charge in [-0.2, -0.15) is 0 Å². The molecule has 3 aliphatic carbocycles. The van der Waals surface area contributed by atoms with E-state index in [0.717, 1.165) is 51.4 Å². The molecule has 0 saturated carbocycles. The molecule has 1 aromatic heterocycles. The molecule has 2 unspecified atom stereocenters. The van der Waals surface area contributed by atoms with E-state index >= 15 is 0 Å². The number of hydrogen-bond donors (Lipinski definition) is 5. The molecule has 55 heavy (non-hydrogen) atoms. The Morgan fingerprint density at radius 3 is 1.78 bits per heavy atom. The van der Waals surface area contributed by atoms with Crippen LogP contribution in [0.3, 0.4) is 0 Å². The van der Waals surface area contributed by atoms with Crippen molar-refractivity contribution in [3.63, 3.8) is 0 Å². The summed E-state index contributed by atoms with van der Waals surface area (Å²) >= 11 is -2.27. The number of allylic oxidation sites excluding steroid dienone is 4. The summed E-state index contributed by atoms with van der Waals surface area (Å²) in [6.45, 7) is 0. The quantitative estimate of drug-likeness (QED) is 0.102. The Morgan fingerprint density at radius 1 is 0.545 bits per heavy atom. The van der Waals surface area contributed by atoms with Crippen LogP contribution in [0.2, 0.25) is 0 Å². The second-order valence-electron chi connectivity index (χ2n) is 14.1. The number of benzene rings is 5. The first-order valence-electron chi connectivity index (χ1n) is 18.4. The van der Waals surface area contributed by atoms with Gasteiger partial charge in [-0.25, -0.2) is 0 Å². The number of halogens is 1. The molecule has 2 atom stereocenters. The van der Waals surface area contributed by atoms with E-state index in [0.29, 0.717) is 5.56 Å². The van der Waals surface area contributed by atoms with Crippen LogP contribution in [-0.2, 0) is 0 Å². The van der Waals surface area contributed by atoms with E-state index < -0.39 is 54.9 Å². The summed E-state index contributed by atoms with van der Waals surface area (Å²) in [7, 11) is 0. The molecule has 274 valence electrons. The zero-order valence-electron chi connectivity index (χ0n) is 29.9. The van der Waals surface area contributed by atoms with Crippen molar-refractivity contribution in [3.05, 3.63) is 201 Å². The molecule has 0 amide bonds. The maximum atomic E-state index is 10.7. The van der Waals surface area contributed by atoms with Crippen LogP contribution in [0.1, 0.15) is 42.7 Å². The van der Waals surface area contributed by atoms with Gasteiger partial charge in [-0.1, -0.05) is 18.2 Å². The van der Waals surface area contributed by atoms with Gasteiger partial charge in [-0.3, -0.25) is 0 Å². The molecule has 0 radical (unpaired) electrons. The van der Waals surface area contributed by atoms with Crippen molar-refractivity contribution in [1.29, 1.82) is 0 Å². The summed E-state index contributed by atoms with van der Waals surface area (Å²) in [5.74, 6) is -4.24. The van der Waals surface area contributed by atoms with Gasteiger partial charge >= 0.3 is 303 Å². The molecule has 0 fully saturated rings. The van der Waals surface area contributed by atoms with Crippen molar-refractivity contribution in [2.24, 2.45) is 0 Å². The summed E-state index contributed by atoms with van der Waals surface area (Å²) in [5, 5.41) is 54.1. The molecule has 0 bridgehead atoms. The molecule has 6 aromatic rings. The SMILES string of the molecule is OC1=C(O)C(O)C(c2ccc(I(c3ccc(C4=CC=C(C5=c6oc7ccccc7c6=CCC5)CC4)cc3)c3ccc(-c4ccccc4)cc3)cc2)C(O)=C1O. The Bertz CT molecular complexity index is 2680. The molecule has 5 N–H and O–H groups in total. The number of fused-ring (bicyclic) bond motifs is 3. The first kappa shape index (κ1) is 35.0. The second-order valence-corrected chi connectivity index (χ2v) is 19.4. The monoisotopic (exact) mass is 838 g/mol. The van der Waals surface area contributed by atoms with Crippen LogP contribution in [-0.4, -0.2) is 31.6 Å². The molecule has 3 aliphatic rings. The fourth-order valence-corrected chi connectivity index (χ4v) is 13.3. The molecule has 6 nitrogen and oxygen atoms in total. The van der Waals surface area contributed by atoms with Crippen LogP contribution in [0.15, 0.2) is 173 Å². The Kier molecular flexibility index (Phi) is 9.20. The number of hydrogen-bond acceptors (Lipinski definition) is 6. The van der Waals surface area contributed by atoms with Gasteiger partial charge in [-0.05, 0) is 6.07 Å². The molecular formula is C48H39IO6. The Balaban J connectivity index is 1.04. The van der Waals surface area contributed by atoms with Crippen molar-refractivity contribution in [2.45, 2.75) is 37.7 Å². The summed E-state index contributed by atoms with van der Waals surface area (Å²) in [6, 6.07) is 44.1. The van der Waals surface area contributed by atoms with Crippen molar-refractivity contribution >= 4 is 48.0 Å². The maximum absolute atomic E-state index is 10.7. The minimum atomic E-state index is -2.27. The van der Waals surface area contributed by atoms with Crippen LogP contribution < -0.4 is 10.6 Å². The molecule has 9 rings (SSSR count). The minimum absolute atomic E-state index is 0.502. The third kappa shape index (κ3) is 6.37. The van der Waals surface area contributed by atoms with Gasteiger partial charge < -0.3 is 0 Å². The van der Waals surface area contributed by atoms with E-state index in [-0.39, 0.29) is 0 Å². The van der Waals surface area contributed by atoms with Crippen LogP contribution in [0.4, 0.5) is 0 Å². The fourth-order valence-electron chi connectivity index (χ4n) is 7.94. The van der Waals surface area contributed by atoms with E-state index in [2.05, 4.69) is 97.1 Å². The summed E-state index contributed by atoms with van der Waals surface area (Å²) < 4.78 is 10.0. The first-order chi connectivity index (χ1) is 26.9. The van der Waals surface area contributed by atoms with Crippen molar-refractivity contribution in [3.8, 4) is 11.1 Å². The predicted molar refractivity (Wildman–Crippen MR) is 226 cm³/mol. The van der Waals surface area contributed by atoms with Crippen LogP contribution in [0, 0.1) is 10.7 Å². The molecular weight excluding hydrogens is 799 g/mol. The molecule has 5 aromatic carbocycles. The summed E-state index contributed by atoms with van der Waals surface area (Å²) in [6.07, 6.45) is 9.18. The van der Waals surface area contributed by atoms with E-state index in [1.807, 2.05) is 48.5 Å². The fraction of sp³-hybridized carbons (Fsp3) is 0.125. The van der Waals surface area contributed by atoms with Gasteiger partial charge in [0.05, 0.1) is 0 Å². The van der Waals surface area contributed by atoms with E-state index in [1.165, 1.54) is 40.0 Å². The first-order valence-corrected chi connectivity index (χ1v) is 21.7. The number of furan rings is 1. The standard InChI is InChI=1S/C48H39IO6/c50-43-42(44(51)46(53)47(54)45(43)52)34-21-27-37(28-22-34)49(35-23-17-31(18-24-35)29-7-2-1-3-8-29)36-25-19-32(20-26-36)30-13-15-33(16-14-30)38-10-6-11-40-39-9-4-5-12-41(39)55-48(38)40/h1-5,7-9,11-13,15,17-28,42-43,50-54H,6,10,14,16H2. The van der Waals surface area contributed by atoms with Gasteiger partial charge in [0.15, 0.2) is 0 Å². The second kappa shape index (κ2) is 14.5. The average Bonchev–Trinajstić information content (AvgIpc) is 3.63. The van der Waals surface area contributed by atoms with Gasteiger partial charge in [0, 0.05) is 0 Å². The molecule has 7 heteroatoms. The van der Waals surface area contributed by atoms with Crippen LogP contribution >= 0.6 is 19.8 Å². The third-order valence-corrected chi connectivity index (χ3v) is 16.7. The van der Waals surface area contributed by atoms with E-state index in [4.69, 9.17) is 4.42 Å². The number of aliphatic hydroxyl groups excluding tert-OH is 5. The molecule has 1 heterocycles. The molecule has 0 spiro atoms. The van der Waals surface area contributed by atoms with Gasteiger partial charge in [0.25, 0.3) is 0 Å². The Hall–Kier alpha value is -5.77. The average molecular weight is 839 g/mol. The van der Waals surface area contributed by atoms with Crippen LogP contribution in [0.25, 0.3) is 39.3 Å². The Morgan fingerprint density at radius 2 is 1.11 bits per heavy atom. The van der Waals surface area contributed by atoms with Gasteiger partial charge in [0.2, 0.25) is 0 Å². The number of para-hydroxylation sites is 1. The molecule has 0 saturated heterocycles. The van der Waals surface area contributed by atoms with Crippen LogP contribution in [0.5, 0.6) is 0 Å². The topological polar surface area (TPSA) is 114 Å². The predicted octanol–water partition coefficient (Wildman–Crippen LogP) is 10.2. The molecule has 0 aliphatic heterocycles. The third-order valence-electron chi connectivity index (χ3n) is 10.8. The van der Waals surface area contributed by atoms with Crippen molar-refractivity contribution < 1.29 is 29.9 Å². The van der Waals surface area contributed by atoms with Gasteiger partial charge in [-0.15, -0.1) is 0 Å². The van der Waals surface area contributed by atoms with Crippen molar-refractivity contribution in [1.82, 2.24) is 0 Å².